The fourth-order valence-corrected chi connectivity index (χ4v) is 9.88. The molecule has 278 valence electrons. The van der Waals surface area contributed by atoms with Gasteiger partial charge in [0.2, 0.25) is 5.95 Å². The van der Waals surface area contributed by atoms with Crippen LogP contribution in [0.25, 0.3) is 121 Å². The van der Waals surface area contributed by atoms with Gasteiger partial charge in [-0.15, -0.1) is 0 Å². The summed E-state index contributed by atoms with van der Waals surface area (Å²) in [7, 11) is 0. The summed E-state index contributed by atoms with van der Waals surface area (Å²) < 4.78 is 4.75. The molecular weight excluding hydrogens is 729 g/mol. The highest BCUT2D eigenvalue weighted by Gasteiger charge is 2.23. The van der Waals surface area contributed by atoms with E-state index in [0.29, 0.717) is 5.95 Å². The van der Waals surface area contributed by atoms with Crippen molar-refractivity contribution in [1.82, 2.24) is 19.1 Å². The molecule has 3 aromatic heterocycles. The van der Waals surface area contributed by atoms with Gasteiger partial charge in [0.15, 0.2) is 0 Å². The lowest BCUT2D eigenvalue weighted by molar-refractivity contribution is 1.02. The van der Waals surface area contributed by atoms with E-state index in [-0.39, 0.29) is 0 Å². The highest BCUT2D eigenvalue weighted by molar-refractivity contribution is 6.28. The predicted octanol–water partition coefficient (Wildman–Crippen LogP) is 14.6. The molecule has 0 atom stereocenters. The van der Waals surface area contributed by atoms with Gasteiger partial charge >= 0.3 is 0 Å². The first kappa shape index (κ1) is 32.9. The molecule has 0 aliphatic heterocycles. The van der Waals surface area contributed by atoms with Crippen molar-refractivity contribution in [2.24, 2.45) is 0 Å². The van der Waals surface area contributed by atoms with Crippen LogP contribution in [0.2, 0.25) is 0 Å². The van der Waals surface area contributed by atoms with E-state index in [1.165, 1.54) is 59.9 Å². The van der Waals surface area contributed by atoms with E-state index >= 15 is 0 Å². The average molecular weight is 763 g/mol. The zero-order valence-corrected chi connectivity index (χ0v) is 32.4. The van der Waals surface area contributed by atoms with Crippen molar-refractivity contribution in [3.05, 3.63) is 206 Å². The van der Waals surface area contributed by atoms with Gasteiger partial charge in [-0.05, 0) is 80.5 Å². The normalized spacial score (nSPS) is 12.0. The Kier molecular flexibility index (Phi) is 6.98. The van der Waals surface area contributed by atoms with Gasteiger partial charge in [-0.2, -0.15) is 0 Å². The van der Waals surface area contributed by atoms with Gasteiger partial charge in [-0.25, -0.2) is 9.97 Å². The predicted molar refractivity (Wildman–Crippen MR) is 252 cm³/mol. The third-order valence-corrected chi connectivity index (χ3v) is 12.5. The topological polar surface area (TPSA) is 35.6 Å². The van der Waals surface area contributed by atoms with Crippen LogP contribution in [-0.4, -0.2) is 19.1 Å². The molecule has 10 aromatic carbocycles. The molecule has 0 bridgehead atoms. The Labute approximate surface area is 344 Å². The maximum Gasteiger partial charge on any atom is 0.235 e. The molecular formula is C56H34N4. The van der Waals surface area contributed by atoms with Crippen molar-refractivity contribution in [2.75, 3.05) is 0 Å². The maximum atomic E-state index is 5.40. The van der Waals surface area contributed by atoms with Crippen molar-refractivity contribution in [1.29, 1.82) is 0 Å². The van der Waals surface area contributed by atoms with Crippen LogP contribution in [0.5, 0.6) is 0 Å². The Morgan fingerprint density at radius 1 is 0.333 bits per heavy atom. The molecule has 0 amide bonds. The summed E-state index contributed by atoms with van der Waals surface area (Å²) in [4.78, 5) is 10.7. The van der Waals surface area contributed by atoms with Gasteiger partial charge in [0, 0.05) is 43.6 Å². The quantitative estimate of drug-likeness (QED) is 0.179. The second-order valence-electron chi connectivity index (χ2n) is 15.7. The van der Waals surface area contributed by atoms with Gasteiger partial charge in [0.1, 0.15) is 0 Å². The number of benzene rings is 10. The molecule has 0 saturated heterocycles. The van der Waals surface area contributed by atoms with E-state index in [2.05, 4.69) is 215 Å². The third-order valence-electron chi connectivity index (χ3n) is 12.5. The summed E-state index contributed by atoms with van der Waals surface area (Å²) in [5.41, 5.74) is 11.0. The molecule has 13 rings (SSSR count). The van der Waals surface area contributed by atoms with Crippen LogP contribution in [0.4, 0.5) is 0 Å². The SMILES string of the molecule is c1ccc(-c2nc(-n3c4ccccc4c4cc(-c5cc6c(c7ccccc57)c5ccccc5n6-c5ccc6ccccc6c5)c5ccccc5c43)nc3ccccc23)cc1. The Bertz CT molecular complexity index is 3890. The monoisotopic (exact) mass is 762 g/mol. The van der Waals surface area contributed by atoms with Crippen molar-refractivity contribution < 1.29 is 0 Å². The smallest absolute Gasteiger partial charge is 0.235 e. The highest BCUT2D eigenvalue weighted by atomic mass is 15.2. The van der Waals surface area contributed by atoms with Gasteiger partial charge in [0.25, 0.3) is 0 Å². The minimum atomic E-state index is 0.656. The minimum absolute atomic E-state index is 0.656. The standard InChI is InChI=1S/C56H34N4/c1-2-17-36(18-3-1)54-44-25-10-13-27-49(44)57-56(58-54)60-50-28-14-11-22-41(50)48-33-46(40-21-7-9-24-43(40)55(48)60)47-34-52-53(42-23-8-6-20-39(42)47)45-26-12-15-29-51(45)59(52)38-31-30-35-16-4-5-19-37(35)32-38/h1-34H. The Hall–Kier alpha value is -8.08. The average Bonchev–Trinajstić information content (AvgIpc) is 3.84. The molecule has 3 heterocycles. The summed E-state index contributed by atoms with van der Waals surface area (Å²) in [5, 5.41) is 13.1. The second kappa shape index (κ2) is 12.7. The third kappa shape index (κ3) is 4.73. The molecule has 4 heteroatoms. The number of hydrogen-bond acceptors (Lipinski definition) is 2. The van der Waals surface area contributed by atoms with Crippen LogP contribution >= 0.6 is 0 Å². The largest absolute Gasteiger partial charge is 0.309 e. The van der Waals surface area contributed by atoms with E-state index in [1.54, 1.807) is 0 Å². The van der Waals surface area contributed by atoms with Crippen molar-refractivity contribution in [3.63, 3.8) is 0 Å². The minimum Gasteiger partial charge on any atom is -0.309 e. The number of rotatable bonds is 4. The first-order valence-electron chi connectivity index (χ1n) is 20.5. The Morgan fingerprint density at radius 3 is 1.72 bits per heavy atom. The lowest BCUT2D eigenvalue weighted by atomic mass is 9.90. The zero-order valence-electron chi connectivity index (χ0n) is 32.4. The van der Waals surface area contributed by atoms with Crippen molar-refractivity contribution >= 4 is 86.8 Å². The second-order valence-corrected chi connectivity index (χ2v) is 15.7. The number of para-hydroxylation sites is 3. The number of aromatic nitrogens is 4. The van der Waals surface area contributed by atoms with E-state index in [0.717, 1.165) is 55.0 Å². The van der Waals surface area contributed by atoms with Gasteiger partial charge in [-0.3, -0.25) is 4.57 Å². The molecule has 0 aliphatic carbocycles. The van der Waals surface area contributed by atoms with Crippen LogP contribution in [0.15, 0.2) is 206 Å². The molecule has 0 unspecified atom stereocenters. The Balaban J connectivity index is 1.15. The van der Waals surface area contributed by atoms with Crippen LogP contribution in [-0.2, 0) is 0 Å². The summed E-state index contributed by atoms with van der Waals surface area (Å²) in [6.07, 6.45) is 0. The van der Waals surface area contributed by atoms with E-state index in [9.17, 15) is 0 Å². The molecule has 0 aliphatic rings. The molecule has 0 N–H and O–H groups in total. The first-order valence-corrected chi connectivity index (χ1v) is 20.5. The lowest BCUT2D eigenvalue weighted by Gasteiger charge is -2.16. The molecule has 0 saturated carbocycles. The van der Waals surface area contributed by atoms with Crippen LogP contribution in [0, 0.1) is 0 Å². The number of nitrogens with zero attached hydrogens (tertiary/aromatic N) is 4. The fourth-order valence-electron chi connectivity index (χ4n) is 9.88. The van der Waals surface area contributed by atoms with Crippen molar-refractivity contribution in [3.8, 4) is 34.0 Å². The molecule has 4 nitrogen and oxygen atoms in total. The zero-order chi connectivity index (χ0) is 39.3. The molecule has 0 spiro atoms. The Morgan fingerprint density at radius 2 is 0.917 bits per heavy atom. The van der Waals surface area contributed by atoms with Gasteiger partial charge in [0.05, 0.1) is 33.3 Å². The number of fused-ring (bicyclic) bond motifs is 12. The summed E-state index contributed by atoms with van der Waals surface area (Å²) >= 11 is 0. The molecule has 0 fully saturated rings. The van der Waals surface area contributed by atoms with E-state index in [1.807, 2.05) is 0 Å². The molecule has 13 aromatic rings. The molecule has 60 heavy (non-hydrogen) atoms. The van der Waals surface area contributed by atoms with Gasteiger partial charge < -0.3 is 4.57 Å². The first-order chi connectivity index (χ1) is 29.8. The fraction of sp³-hybridized carbons (Fsp3) is 0. The van der Waals surface area contributed by atoms with Crippen LogP contribution < -0.4 is 0 Å². The summed E-state index contributed by atoms with van der Waals surface area (Å²) in [6, 6.07) is 74.5. The summed E-state index contributed by atoms with van der Waals surface area (Å²) in [5.74, 6) is 0.656. The van der Waals surface area contributed by atoms with E-state index in [4.69, 9.17) is 9.97 Å². The van der Waals surface area contributed by atoms with Crippen molar-refractivity contribution in [2.45, 2.75) is 0 Å². The number of hydrogen-bond donors (Lipinski definition) is 0. The van der Waals surface area contributed by atoms with E-state index < -0.39 is 0 Å². The van der Waals surface area contributed by atoms with Crippen LogP contribution in [0.3, 0.4) is 0 Å². The lowest BCUT2D eigenvalue weighted by Crippen LogP contribution is -2.03. The van der Waals surface area contributed by atoms with Gasteiger partial charge in [-0.1, -0.05) is 164 Å². The highest BCUT2D eigenvalue weighted by Crippen LogP contribution is 2.46. The summed E-state index contributed by atoms with van der Waals surface area (Å²) in [6.45, 7) is 0. The van der Waals surface area contributed by atoms with Crippen LogP contribution in [0.1, 0.15) is 0 Å². The maximum absolute atomic E-state index is 5.40. The molecule has 0 radical (unpaired) electrons.